The molecule has 1 atom stereocenters. The number of carboxylic acids is 1. The number of carboxylic acid groups (broad SMARTS) is 1. The molecular formula is C12H15BrN2O4. The van der Waals surface area contributed by atoms with Crippen LogP contribution < -0.4 is 0 Å². The molecule has 1 N–H and O–H groups in total. The number of hydrogen-bond donors (Lipinski definition) is 1. The summed E-state index contributed by atoms with van der Waals surface area (Å²) < 4.78 is 7.73. The van der Waals surface area contributed by atoms with E-state index in [2.05, 4.69) is 15.9 Å². The fourth-order valence-electron chi connectivity index (χ4n) is 2.11. The van der Waals surface area contributed by atoms with Crippen LogP contribution in [0.3, 0.4) is 0 Å². The number of morpholine rings is 1. The van der Waals surface area contributed by atoms with Crippen LogP contribution >= 0.6 is 15.9 Å². The molecule has 0 bridgehead atoms. The molecule has 1 aliphatic rings. The third-order valence-electron chi connectivity index (χ3n) is 3.10. The van der Waals surface area contributed by atoms with Gasteiger partial charge in [0, 0.05) is 23.8 Å². The second kappa shape index (κ2) is 5.75. The number of halogens is 1. The molecule has 1 saturated heterocycles. The Morgan fingerprint density at radius 2 is 2.32 bits per heavy atom. The van der Waals surface area contributed by atoms with E-state index < -0.39 is 12.0 Å². The molecule has 0 saturated carbocycles. The van der Waals surface area contributed by atoms with Crippen molar-refractivity contribution in [2.24, 2.45) is 0 Å². The second-order valence-electron chi connectivity index (χ2n) is 4.26. The van der Waals surface area contributed by atoms with Crippen LogP contribution in [-0.2, 0) is 16.1 Å². The van der Waals surface area contributed by atoms with Gasteiger partial charge in [0.1, 0.15) is 5.69 Å². The first-order valence-electron chi connectivity index (χ1n) is 6.01. The molecule has 2 rings (SSSR count). The molecule has 0 spiro atoms. The van der Waals surface area contributed by atoms with Crippen molar-refractivity contribution in [3.8, 4) is 0 Å². The number of aryl methyl sites for hydroxylation is 1. The van der Waals surface area contributed by atoms with Gasteiger partial charge in [-0.15, -0.1) is 0 Å². The Hall–Kier alpha value is -1.34. The number of carbonyl (C=O) groups excluding carboxylic acids is 1. The largest absolute Gasteiger partial charge is 0.480 e. The van der Waals surface area contributed by atoms with Gasteiger partial charge >= 0.3 is 5.97 Å². The first kappa shape index (κ1) is 14.1. The van der Waals surface area contributed by atoms with Crippen LogP contribution in [0.5, 0.6) is 0 Å². The van der Waals surface area contributed by atoms with E-state index in [1.54, 1.807) is 10.6 Å². The molecule has 104 valence electrons. The van der Waals surface area contributed by atoms with E-state index in [-0.39, 0.29) is 12.5 Å². The monoisotopic (exact) mass is 330 g/mol. The maximum Gasteiger partial charge on any atom is 0.328 e. The van der Waals surface area contributed by atoms with E-state index in [1.807, 2.05) is 13.1 Å². The first-order chi connectivity index (χ1) is 9.04. The standard InChI is InChI=1S/C12H15BrN2O4/c1-2-14-6-8(13)5-9(14)11(16)15-3-4-19-7-10(15)12(17)18/h5-6,10H,2-4,7H2,1H3,(H,17,18). The van der Waals surface area contributed by atoms with Gasteiger partial charge < -0.3 is 19.3 Å². The van der Waals surface area contributed by atoms with Gasteiger partial charge in [-0.2, -0.15) is 0 Å². The van der Waals surface area contributed by atoms with Crippen molar-refractivity contribution in [2.45, 2.75) is 19.5 Å². The minimum atomic E-state index is -1.04. The summed E-state index contributed by atoms with van der Waals surface area (Å²) in [6.45, 7) is 3.27. The van der Waals surface area contributed by atoms with Crippen LogP contribution in [0.25, 0.3) is 0 Å². The fraction of sp³-hybridized carbons (Fsp3) is 0.500. The van der Waals surface area contributed by atoms with Gasteiger partial charge in [-0.05, 0) is 28.9 Å². The Bertz CT molecular complexity index is 500. The van der Waals surface area contributed by atoms with Crippen LogP contribution in [0.2, 0.25) is 0 Å². The molecule has 1 aromatic heterocycles. The van der Waals surface area contributed by atoms with Crippen LogP contribution in [-0.4, -0.2) is 52.3 Å². The summed E-state index contributed by atoms with van der Waals surface area (Å²) in [6.07, 6.45) is 1.81. The summed E-state index contributed by atoms with van der Waals surface area (Å²) in [6, 6.07) is 0.792. The molecule has 1 aromatic rings. The molecule has 7 heteroatoms. The van der Waals surface area contributed by atoms with Gasteiger partial charge in [-0.1, -0.05) is 0 Å². The van der Waals surface area contributed by atoms with E-state index >= 15 is 0 Å². The van der Waals surface area contributed by atoms with Gasteiger partial charge in [-0.25, -0.2) is 4.79 Å². The summed E-state index contributed by atoms with van der Waals surface area (Å²) in [4.78, 5) is 25.0. The van der Waals surface area contributed by atoms with Crippen molar-refractivity contribution in [3.63, 3.8) is 0 Å². The highest BCUT2D eigenvalue weighted by Gasteiger charge is 2.34. The van der Waals surface area contributed by atoms with Crippen molar-refractivity contribution >= 4 is 27.8 Å². The number of amides is 1. The highest BCUT2D eigenvalue weighted by Crippen LogP contribution is 2.19. The third kappa shape index (κ3) is 2.82. The van der Waals surface area contributed by atoms with Gasteiger partial charge in [0.15, 0.2) is 6.04 Å². The lowest BCUT2D eigenvalue weighted by atomic mass is 10.2. The van der Waals surface area contributed by atoms with E-state index in [0.29, 0.717) is 25.4 Å². The molecule has 1 aliphatic heterocycles. The lowest BCUT2D eigenvalue weighted by Gasteiger charge is -2.32. The molecule has 0 aromatic carbocycles. The predicted molar refractivity (Wildman–Crippen MR) is 71.1 cm³/mol. The van der Waals surface area contributed by atoms with Crippen LogP contribution in [0.1, 0.15) is 17.4 Å². The topological polar surface area (TPSA) is 71.8 Å². The molecular weight excluding hydrogens is 316 g/mol. The number of nitrogens with zero attached hydrogens (tertiary/aromatic N) is 2. The SMILES string of the molecule is CCn1cc(Br)cc1C(=O)N1CCOCC1C(=O)O. The number of aromatic nitrogens is 1. The number of rotatable bonds is 3. The van der Waals surface area contributed by atoms with Gasteiger partial charge in [0.05, 0.1) is 13.2 Å². The zero-order valence-corrected chi connectivity index (χ0v) is 12.1. The highest BCUT2D eigenvalue weighted by atomic mass is 79.9. The summed E-state index contributed by atoms with van der Waals surface area (Å²) in [5.41, 5.74) is 0.488. The van der Waals surface area contributed by atoms with Gasteiger partial charge in [-0.3, -0.25) is 4.79 Å². The third-order valence-corrected chi connectivity index (χ3v) is 3.53. The summed E-state index contributed by atoms with van der Waals surface area (Å²) in [5.74, 6) is -1.31. The number of carbonyl (C=O) groups is 2. The maximum atomic E-state index is 12.5. The molecule has 1 fully saturated rings. The quantitative estimate of drug-likeness (QED) is 0.903. The van der Waals surface area contributed by atoms with Crippen molar-refractivity contribution in [3.05, 3.63) is 22.4 Å². The van der Waals surface area contributed by atoms with Crippen LogP contribution in [0, 0.1) is 0 Å². The Labute approximate surface area is 119 Å². The zero-order chi connectivity index (χ0) is 14.0. The van der Waals surface area contributed by atoms with E-state index in [9.17, 15) is 9.59 Å². The minimum absolute atomic E-state index is 0.0368. The maximum absolute atomic E-state index is 12.5. The van der Waals surface area contributed by atoms with Crippen LogP contribution in [0.15, 0.2) is 16.7 Å². The summed E-state index contributed by atoms with van der Waals surface area (Å²) >= 11 is 3.33. The number of ether oxygens (including phenoxy) is 1. The van der Waals surface area contributed by atoms with Crippen LogP contribution in [0.4, 0.5) is 0 Å². The molecule has 1 unspecified atom stereocenters. The molecule has 0 radical (unpaired) electrons. The Balaban J connectivity index is 2.28. The second-order valence-corrected chi connectivity index (χ2v) is 5.17. The number of hydrogen-bond acceptors (Lipinski definition) is 3. The molecule has 2 heterocycles. The summed E-state index contributed by atoms with van der Waals surface area (Å²) in [7, 11) is 0. The predicted octanol–water partition coefficient (Wildman–Crippen LogP) is 1.20. The Kier molecular flexibility index (Phi) is 4.26. The summed E-state index contributed by atoms with van der Waals surface area (Å²) in [5, 5.41) is 9.15. The Morgan fingerprint density at radius 3 is 2.95 bits per heavy atom. The van der Waals surface area contributed by atoms with Crippen molar-refractivity contribution < 1.29 is 19.4 Å². The average molecular weight is 331 g/mol. The van der Waals surface area contributed by atoms with E-state index in [1.165, 1.54) is 4.90 Å². The zero-order valence-electron chi connectivity index (χ0n) is 10.5. The smallest absolute Gasteiger partial charge is 0.328 e. The lowest BCUT2D eigenvalue weighted by molar-refractivity contribution is -0.147. The van der Waals surface area contributed by atoms with E-state index in [4.69, 9.17) is 9.84 Å². The van der Waals surface area contributed by atoms with Gasteiger partial charge in [0.2, 0.25) is 0 Å². The fourth-order valence-corrected chi connectivity index (χ4v) is 2.58. The Morgan fingerprint density at radius 1 is 1.58 bits per heavy atom. The first-order valence-corrected chi connectivity index (χ1v) is 6.81. The minimum Gasteiger partial charge on any atom is -0.480 e. The van der Waals surface area contributed by atoms with Crippen molar-refractivity contribution in [2.75, 3.05) is 19.8 Å². The molecule has 19 heavy (non-hydrogen) atoms. The van der Waals surface area contributed by atoms with Crippen molar-refractivity contribution in [1.82, 2.24) is 9.47 Å². The van der Waals surface area contributed by atoms with E-state index in [0.717, 1.165) is 4.47 Å². The van der Waals surface area contributed by atoms with Gasteiger partial charge in [0.25, 0.3) is 5.91 Å². The van der Waals surface area contributed by atoms with Crippen molar-refractivity contribution in [1.29, 1.82) is 0 Å². The number of aliphatic carboxylic acids is 1. The molecule has 0 aliphatic carbocycles. The normalized spacial score (nSPS) is 19.5. The molecule has 6 nitrogen and oxygen atoms in total. The average Bonchev–Trinajstić information content (AvgIpc) is 2.79. The molecule has 1 amide bonds. The lowest BCUT2D eigenvalue weighted by Crippen LogP contribution is -2.52. The highest BCUT2D eigenvalue weighted by molar-refractivity contribution is 9.10.